The Kier molecular flexibility index (Phi) is 3.89. The van der Waals surface area contributed by atoms with Crippen molar-refractivity contribution in [1.29, 1.82) is 0 Å². The van der Waals surface area contributed by atoms with Gasteiger partial charge in [-0.3, -0.25) is 0 Å². The summed E-state index contributed by atoms with van der Waals surface area (Å²) >= 11 is 0. The largest absolute Gasteiger partial charge is 0.490 e. The fourth-order valence-corrected chi connectivity index (χ4v) is 1.75. The molecule has 1 aromatic carbocycles. The number of fused-ring (bicyclic) bond motifs is 1. The molecule has 1 aromatic rings. The van der Waals surface area contributed by atoms with E-state index in [9.17, 15) is 8.78 Å². The molecule has 1 heterocycles. The summed E-state index contributed by atoms with van der Waals surface area (Å²) < 4.78 is 31.5. The third kappa shape index (κ3) is 2.34. The third-order valence-corrected chi connectivity index (χ3v) is 2.71. The fraction of sp³-hybridized carbons (Fsp3) is 0.538. The zero-order valence-electron chi connectivity index (χ0n) is 10.2. The van der Waals surface area contributed by atoms with Gasteiger partial charge in [0.15, 0.2) is 11.6 Å². The minimum atomic E-state index is -0.604. The van der Waals surface area contributed by atoms with Crippen molar-refractivity contribution in [3.8, 4) is 5.75 Å². The summed E-state index contributed by atoms with van der Waals surface area (Å²) in [6.45, 7) is 8.42. The van der Waals surface area contributed by atoms with Crippen LogP contribution in [0.2, 0.25) is 0 Å². The molecule has 1 nitrogen and oxygen atoms in total. The van der Waals surface area contributed by atoms with Crippen LogP contribution in [0.1, 0.15) is 39.7 Å². The Labute approximate surface area is 95.4 Å². The highest BCUT2D eigenvalue weighted by Crippen LogP contribution is 2.40. The van der Waals surface area contributed by atoms with Gasteiger partial charge in [-0.25, -0.2) is 8.78 Å². The lowest BCUT2D eigenvalue weighted by Crippen LogP contribution is -2.27. The van der Waals surface area contributed by atoms with Crippen molar-refractivity contribution in [3.05, 3.63) is 29.3 Å². The van der Waals surface area contributed by atoms with Crippen molar-refractivity contribution in [1.82, 2.24) is 0 Å². The summed E-state index contributed by atoms with van der Waals surface area (Å²) in [6, 6.07) is 2.22. The molecule has 0 aliphatic carbocycles. The first-order chi connectivity index (χ1) is 7.50. The number of hydrogen-bond donors (Lipinski definition) is 0. The van der Waals surface area contributed by atoms with Gasteiger partial charge in [-0.1, -0.05) is 27.7 Å². The van der Waals surface area contributed by atoms with Crippen molar-refractivity contribution in [2.24, 2.45) is 0 Å². The minimum Gasteiger partial charge on any atom is -0.490 e. The van der Waals surface area contributed by atoms with E-state index in [1.807, 2.05) is 27.7 Å². The summed E-state index contributed by atoms with van der Waals surface area (Å²) in [6.07, 6.45) is 0.781. The molecule has 0 saturated carbocycles. The van der Waals surface area contributed by atoms with Gasteiger partial charge >= 0.3 is 0 Å². The van der Waals surface area contributed by atoms with Crippen LogP contribution in [0.15, 0.2) is 12.1 Å². The van der Waals surface area contributed by atoms with E-state index in [0.29, 0.717) is 12.2 Å². The number of halogens is 2. The SMILES string of the molecule is CC.CC1(C)CCOc2c(F)cc(F)cc21. The average Bonchev–Trinajstić information content (AvgIpc) is 2.22. The van der Waals surface area contributed by atoms with E-state index in [4.69, 9.17) is 4.74 Å². The van der Waals surface area contributed by atoms with Gasteiger partial charge in [0.1, 0.15) is 5.82 Å². The molecule has 3 heteroatoms. The molecule has 0 fully saturated rings. The summed E-state index contributed by atoms with van der Waals surface area (Å²) in [5.41, 5.74) is 0.414. The monoisotopic (exact) mass is 228 g/mol. The van der Waals surface area contributed by atoms with Crippen LogP contribution in [0.3, 0.4) is 0 Å². The molecule has 0 saturated heterocycles. The lowest BCUT2D eigenvalue weighted by molar-refractivity contribution is 0.222. The van der Waals surface area contributed by atoms with Crippen LogP contribution >= 0.6 is 0 Å². The highest BCUT2D eigenvalue weighted by atomic mass is 19.1. The Balaban J connectivity index is 0.000000606. The van der Waals surface area contributed by atoms with Crippen molar-refractivity contribution in [2.45, 2.75) is 39.5 Å². The smallest absolute Gasteiger partial charge is 0.168 e. The molecule has 0 N–H and O–H groups in total. The van der Waals surface area contributed by atoms with Gasteiger partial charge in [0.25, 0.3) is 0 Å². The first-order valence-corrected chi connectivity index (χ1v) is 5.63. The predicted octanol–water partition coefficient (Wildman–Crippen LogP) is 4.05. The first kappa shape index (κ1) is 12.9. The second-order valence-corrected chi connectivity index (χ2v) is 4.25. The lowest BCUT2D eigenvalue weighted by Gasteiger charge is -2.32. The summed E-state index contributed by atoms with van der Waals surface area (Å²) in [5.74, 6) is -0.935. The number of ether oxygens (including phenoxy) is 1. The molecule has 1 aliphatic heterocycles. The van der Waals surface area contributed by atoms with E-state index in [1.165, 1.54) is 6.07 Å². The zero-order chi connectivity index (χ0) is 12.3. The third-order valence-electron chi connectivity index (χ3n) is 2.71. The molecule has 0 aromatic heterocycles. The quantitative estimate of drug-likeness (QED) is 0.651. The molecule has 0 spiro atoms. The molecule has 0 bridgehead atoms. The lowest BCUT2D eigenvalue weighted by atomic mass is 9.80. The van der Waals surface area contributed by atoms with E-state index in [2.05, 4.69) is 0 Å². The molecule has 2 rings (SSSR count). The van der Waals surface area contributed by atoms with Crippen LogP contribution in [0.25, 0.3) is 0 Å². The molecule has 16 heavy (non-hydrogen) atoms. The van der Waals surface area contributed by atoms with Gasteiger partial charge < -0.3 is 4.74 Å². The van der Waals surface area contributed by atoms with Crippen molar-refractivity contribution < 1.29 is 13.5 Å². The van der Waals surface area contributed by atoms with Crippen LogP contribution < -0.4 is 4.74 Å². The van der Waals surface area contributed by atoms with Crippen LogP contribution in [-0.2, 0) is 5.41 Å². The van der Waals surface area contributed by atoms with Gasteiger partial charge in [-0.05, 0) is 17.9 Å². The Hall–Kier alpha value is -1.12. The van der Waals surface area contributed by atoms with Crippen molar-refractivity contribution in [3.63, 3.8) is 0 Å². The van der Waals surface area contributed by atoms with E-state index in [0.717, 1.165) is 12.5 Å². The Morgan fingerprint density at radius 1 is 1.19 bits per heavy atom. The van der Waals surface area contributed by atoms with Crippen molar-refractivity contribution in [2.75, 3.05) is 6.61 Å². The molecule has 0 amide bonds. The van der Waals surface area contributed by atoms with Crippen molar-refractivity contribution >= 4 is 0 Å². The average molecular weight is 228 g/mol. The standard InChI is InChI=1S/C11H12F2O.C2H6/c1-11(2)3-4-14-10-8(11)5-7(12)6-9(10)13;1-2/h5-6H,3-4H2,1-2H3;1-2H3. The molecule has 0 atom stereocenters. The van der Waals surface area contributed by atoms with Gasteiger partial charge in [0.05, 0.1) is 6.61 Å². The summed E-state index contributed by atoms with van der Waals surface area (Å²) in [5, 5.41) is 0. The van der Waals surface area contributed by atoms with Gasteiger partial charge in [-0.15, -0.1) is 0 Å². The molecule has 0 radical (unpaired) electrons. The fourth-order valence-electron chi connectivity index (χ4n) is 1.75. The number of hydrogen-bond acceptors (Lipinski definition) is 1. The number of rotatable bonds is 0. The van der Waals surface area contributed by atoms with E-state index < -0.39 is 11.6 Å². The van der Waals surface area contributed by atoms with E-state index >= 15 is 0 Å². The Morgan fingerprint density at radius 3 is 2.44 bits per heavy atom. The normalized spacial score (nSPS) is 16.6. The maximum atomic E-state index is 13.3. The molecular weight excluding hydrogens is 210 g/mol. The summed E-state index contributed by atoms with van der Waals surface area (Å²) in [7, 11) is 0. The molecule has 90 valence electrons. The topological polar surface area (TPSA) is 9.23 Å². The van der Waals surface area contributed by atoms with Gasteiger partial charge in [0, 0.05) is 11.6 Å². The van der Waals surface area contributed by atoms with Gasteiger partial charge in [-0.2, -0.15) is 0 Å². The molecule has 1 aliphatic rings. The van der Waals surface area contributed by atoms with Crippen LogP contribution in [0, 0.1) is 11.6 Å². The van der Waals surface area contributed by atoms with E-state index in [1.54, 1.807) is 0 Å². The predicted molar refractivity (Wildman–Crippen MR) is 60.8 cm³/mol. The minimum absolute atomic E-state index is 0.211. The highest BCUT2D eigenvalue weighted by molar-refractivity contribution is 5.42. The number of benzene rings is 1. The maximum absolute atomic E-state index is 13.3. The summed E-state index contributed by atoms with van der Waals surface area (Å²) in [4.78, 5) is 0. The molecule has 0 unspecified atom stereocenters. The first-order valence-electron chi connectivity index (χ1n) is 5.63. The van der Waals surface area contributed by atoms with Crippen LogP contribution in [0.4, 0.5) is 8.78 Å². The maximum Gasteiger partial charge on any atom is 0.168 e. The Morgan fingerprint density at radius 2 is 1.81 bits per heavy atom. The second-order valence-electron chi connectivity index (χ2n) is 4.25. The van der Waals surface area contributed by atoms with Crippen LogP contribution in [0.5, 0.6) is 5.75 Å². The van der Waals surface area contributed by atoms with Gasteiger partial charge in [0.2, 0.25) is 0 Å². The second kappa shape index (κ2) is 4.81. The zero-order valence-corrected chi connectivity index (χ0v) is 10.2. The van der Waals surface area contributed by atoms with E-state index in [-0.39, 0.29) is 11.2 Å². The highest BCUT2D eigenvalue weighted by Gasteiger charge is 2.31. The molecular formula is C13H18F2O. The van der Waals surface area contributed by atoms with Crippen LogP contribution in [-0.4, -0.2) is 6.61 Å². The Bertz CT molecular complexity index is 372.